The third kappa shape index (κ3) is 3.66. The Balaban J connectivity index is 2.58. The number of benzene rings is 1. The highest BCUT2D eigenvalue weighted by Gasteiger charge is 2.39. The number of carbonyl (C=O) groups excluding carboxylic acids is 1. The Morgan fingerprint density at radius 1 is 1.04 bits per heavy atom. The van der Waals surface area contributed by atoms with E-state index < -0.39 is 8.80 Å². The number of carbonyl (C=O) groups is 1. The van der Waals surface area contributed by atoms with E-state index in [9.17, 15) is 4.79 Å². The lowest BCUT2D eigenvalue weighted by atomic mass is 9.88. The summed E-state index contributed by atoms with van der Waals surface area (Å²) in [5, 5.41) is 1.33. The van der Waals surface area contributed by atoms with Gasteiger partial charge in [-0.25, -0.2) is 0 Å². The van der Waals surface area contributed by atoms with E-state index in [4.69, 9.17) is 5.73 Å². The van der Waals surface area contributed by atoms with Crippen LogP contribution in [0.3, 0.4) is 0 Å². The number of amides is 1. The molecule has 0 fully saturated rings. The summed E-state index contributed by atoms with van der Waals surface area (Å²) in [6.45, 7) is 11.3. The van der Waals surface area contributed by atoms with Gasteiger partial charge in [-0.2, -0.15) is 0 Å². The molecular weight excluding hydrogens is 322 g/mol. The Kier molecular flexibility index (Phi) is 6.83. The molecule has 0 spiro atoms. The van der Waals surface area contributed by atoms with E-state index >= 15 is 0 Å². The van der Waals surface area contributed by atoms with Gasteiger partial charge in [0.1, 0.15) is 0 Å². The zero-order valence-corrected chi connectivity index (χ0v) is 17.6. The van der Waals surface area contributed by atoms with Gasteiger partial charge in [-0.1, -0.05) is 75.3 Å². The molecule has 0 bridgehead atoms. The maximum Gasteiger partial charge on any atom is 0.221 e. The van der Waals surface area contributed by atoms with Gasteiger partial charge in [-0.05, 0) is 42.4 Å². The predicted molar refractivity (Wildman–Crippen MR) is 111 cm³/mol. The Hall–Kier alpha value is -1.61. The van der Waals surface area contributed by atoms with Crippen molar-refractivity contribution in [3.8, 4) is 0 Å². The average Bonchev–Trinajstić information content (AvgIpc) is 2.94. The largest absolute Gasteiger partial charge is 0.369 e. The number of nitrogens with two attached hydrogens (primary N) is 1. The van der Waals surface area contributed by atoms with Crippen LogP contribution in [0.2, 0.25) is 12.1 Å². The summed E-state index contributed by atoms with van der Waals surface area (Å²) in [7, 11) is -1.53. The average molecular weight is 356 g/mol. The van der Waals surface area contributed by atoms with Gasteiger partial charge in [-0.15, -0.1) is 0 Å². The predicted octanol–water partition coefficient (Wildman–Crippen LogP) is 4.47. The monoisotopic (exact) mass is 355 g/mol. The van der Waals surface area contributed by atoms with Gasteiger partial charge in [0.05, 0.1) is 14.3 Å². The second-order valence-electron chi connectivity index (χ2n) is 7.04. The topological polar surface area (TPSA) is 43.1 Å². The maximum atomic E-state index is 12.6. The van der Waals surface area contributed by atoms with Crippen molar-refractivity contribution < 1.29 is 4.79 Å². The molecule has 2 rings (SSSR count). The van der Waals surface area contributed by atoms with Gasteiger partial charge < -0.3 is 5.73 Å². The lowest BCUT2D eigenvalue weighted by Gasteiger charge is -2.28. The van der Waals surface area contributed by atoms with E-state index in [1.165, 1.54) is 21.9 Å². The molecule has 0 heterocycles. The normalized spacial score (nSPS) is 20.1. The second kappa shape index (κ2) is 8.66. The SMILES string of the molecule is CCC1=C(CC)C(CC)C(C(C(N)=O)[SiH](C)c2ccccc2)=C1CC. The molecule has 2 nitrogen and oxygen atoms in total. The molecule has 2 N–H and O–H groups in total. The minimum atomic E-state index is -1.53. The Labute approximate surface area is 154 Å². The van der Waals surface area contributed by atoms with Crippen molar-refractivity contribution in [1.82, 2.24) is 0 Å². The number of primary amides is 1. The van der Waals surface area contributed by atoms with Crippen LogP contribution in [0.5, 0.6) is 0 Å². The van der Waals surface area contributed by atoms with Gasteiger partial charge in [0.25, 0.3) is 0 Å². The smallest absolute Gasteiger partial charge is 0.221 e. The Morgan fingerprint density at radius 2 is 1.64 bits per heavy atom. The van der Waals surface area contributed by atoms with Crippen molar-refractivity contribution >= 4 is 19.9 Å². The number of rotatable bonds is 8. The maximum absolute atomic E-state index is 12.6. The fourth-order valence-corrected chi connectivity index (χ4v) is 7.46. The third-order valence-electron chi connectivity index (χ3n) is 5.86. The van der Waals surface area contributed by atoms with Gasteiger partial charge in [0.2, 0.25) is 5.91 Å². The van der Waals surface area contributed by atoms with Gasteiger partial charge in [0, 0.05) is 5.92 Å². The van der Waals surface area contributed by atoms with Crippen molar-refractivity contribution in [2.75, 3.05) is 0 Å². The van der Waals surface area contributed by atoms with Crippen molar-refractivity contribution in [1.29, 1.82) is 0 Å². The Bertz CT molecular complexity index is 675. The van der Waals surface area contributed by atoms with Crippen molar-refractivity contribution in [3.63, 3.8) is 0 Å². The van der Waals surface area contributed by atoms with Crippen LogP contribution < -0.4 is 10.9 Å². The molecule has 136 valence electrons. The molecule has 3 atom stereocenters. The fraction of sp³-hybridized carbons (Fsp3) is 0.500. The van der Waals surface area contributed by atoms with Crippen LogP contribution in [-0.2, 0) is 4.79 Å². The summed E-state index contributed by atoms with van der Waals surface area (Å²) < 4.78 is 0. The highest BCUT2D eigenvalue weighted by Crippen LogP contribution is 2.48. The van der Waals surface area contributed by atoms with Crippen LogP contribution in [0.25, 0.3) is 0 Å². The molecule has 25 heavy (non-hydrogen) atoms. The summed E-state index contributed by atoms with van der Waals surface area (Å²) in [4.78, 5) is 12.6. The quantitative estimate of drug-likeness (QED) is 0.687. The van der Waals surface area contributed by atoms with E-state index in [0.29, 0.717) is 5.92 Å². The first kappa shape index (κ1) is 19.7. The van der Waals surface area contributed by atoms with E-state index in [1.54, 1.807) is 5.57 Å². The zero-order chi connectivity index (χ0) is 18.6. The first-order chi connectivity index (χ1) is 12.0. The molecule has 0 saturated carbocycles. The number of hydrogen-bond acceptors (Lipinski definition) is 1. The van der Waals surface area contributed by atoms with Crippen molar-refractivity contribution in [3.05, 3.63) is 52.6 Å². The molecule has 1 amide bonds. The molecule has 3 heteroatoms. The first-order valence-corrected chi connectivity index (χ1v) is 12.2. The lowest BCUT2D eigenvalue weighted by molar-refractivity contribution is -0.117. The molecule has 1 aromatic rings. The van der Waals surface area contributed by atoms with Crippen LogP contribution in [0, 0.1) is 5.92 Å². The molecule has 3 unspecified atom stereocenters. The fourth-order valence-electron chi connectivity index (χ4n) is 4.78. The van der Waals surface area contributed by atoms with Gasteiger partial charge >= 0.3 is 0 Å². The molecule has 1 aromatic carbocycles. The van der Waals surface area contributed by atoms with E-state index in [0.717, 1.165) is 25.7 Å². The van der Waals surface area contributed by atoms with Crippen LogP contribution in [-0.4, -0.2) is 14.7 Å². The Morgan fingerprint density at radius 3 is 2.08 bits per heavy atom. The summed E-state index contributed by atoms with van der Waals surface area (Å²) >= 11 is 0. The van der Waals surface area contributed by atoms with Crippen LogP contribution >= 0.6 is 0 Å². The number of hydrogen-bond donors (Lipinski definition) is 1. The summed E-state index contributed by atoms with van der Waals surface area (Å²) in [5.41, 5.74) is 11.8. The first-order valence-electron chi connectivity index (χ1n) is 9.80. The molecular formula is C22H33NOSi. The molecule has 1 aliphatic carbocycles. The lowest BCUT2D eigenvalue weighted by Crippen LogP contribution is -2.41. The third-order valence-corrected chi connectivity index (χ3v) is 8.98. The summed E-state index contributed by atoms with van der Waals surface area (Å²) in [6, 6.07) is 10.5. The van der Waals surface area contributed by atoms with E-state index in [-0.39, 0.29) is 11.4 Å². The number of allylic oxidation sites excluding steroid dienone is 3. The standard InChI is InChI=1S/C22H33NOSi/c1-6-16-17(7-2)19(9-4)20(18(16)8-3)21(22(23)24)25(5)15-13-11-10-12-14-15/h10-14,18,21,25H,6-9H2,1-5H3,(H2,23,24). The second-order valence-corrected chi connectivity index (χ2v) is 9.95. The van der Waals surface area contributed by atoms with Crippen LogP contribution in [0.1, 0.15) is 53.4 Å². The summed E-state index contributed by atoms with van der Waals surface area (Å²) in [5.74, 6) is 0.279. The van der Waals surface area contributed by atoms with Gasteiger partial charge in [-0.3, -0.25) is 4.79 Å². The van der Waals surface area contributed by atoms with Gasteiger partial charge in [0.15, 0.2) is 0 Å². The zero-order valence-electron chi connectivity index (χ0n) is 16.4. The van der Waals surface area contributed by atoms with Crippen molar-refractivity contribution in [2.45, 2.75) is 65.5 Å². The highest BCUT2D eigenvalue weighted by molar-refractivity contribution is 6.77. The molecule has 1 aliphatic rings. The van der Waals surface area contributed by atoms with Crippen LogP contribution in [0.4, 0.5) is 0 Å². The highest BCUT2D eigenvalue weighted by atomic mass is 28.3. The van der Waals surface area contributed by atoms with Crippen LogP contribution in [0.15, 0.2) is 52.6 Å². The molecule has 0 aromatic heterocycles. The van der Waals surface area contributed by atoms with E-state index in [1.807, 2.05) is 6.07 Å². The summed E-state index contributed by atoms with van der Waals surface area (Å²) in [6.07, 6.45) is 4.18. The minimum Gasteiger partial charge on any atom is -0.369 e. The van der Waals surface area contributed by atoms with E-state index in [2.05, 4.69) is 58.5 Å². The van der Waals surface area contributed by atoms with Crippen molar-refractivity contribution in [2.24, 2.45) is 11.7 Å². The molecule has 0 saturated heterocycles. The molecule has 0 aliphatic heterocycles. The molecule has 0 radical (unpaired) electrons. The minimum absolute atomic E-state index is 0.0899.